The van der Waals surface area contributed by atoms with Gasteiger partial charge >= 0.3 is 0 Å². The second-order valence-electron chi connectivity index (χ2n) is 5.63. The van der Waals surface area contributed by atoms with Gasteiger partial charge in [0, 0.05) is 33.8 Å². The molecule has 1 atom stereocenters. The van der Waals surface area contributed by atoms with Crippen LogP contribution in [0.5, 0.6) is 0 Å². The van der Waals surface area contributed by atoms with Crippen molar-refractivity contribution in [2.45, 2.75) is 40.2 Å². The molecule has 0 aromatic carbocycles. The van der Waals surface area contributed by atoms with Crippen LogP contribution in [0.15, 0.2) is 30.6 Å². The van der Waals surface area contributed by atoms with Crippen molar-refractivity contribution in [3.63, 3.8) is 0 Å². The molecule has 0 radical (unpaired) electrons. The number of hydrogen-bond donors (Lipinski definition) is 1. The van der Waals surface area contributed by atoms with Crippen LogP contribution in [-0.2, 0) is 0 Å². The molecule has 2 rings (SSSR count). The van der Waals surface area contributed by atoms with Crippen molar-refractivity contribution in [2.75, 3.05) is 6.54 Å². The standard InChI is InChI=1S/C17H24N2S/c1-5-8-19-17(12(2)3)16-7-6-15(20-16)14-9-13(4)10-18-11-14/h6-7,9-12,17,19H,5,8H2,1-4H3. The first kappa shape index (κ1) is 15.2. The number of hydrogen-bond acceptors (Lipinski definition) is 3. The van der Waals surface area contributed by atoms with Gasteiger partial charge in [-0.15, -0.1) is 11.3 Å². The largest absolute Gasteiger partial charge is 0.309 e. The molecule has 0 aliphatic rings. The van der Waals surface area contributed by atoms with E-state index in [4.69, 9.17) is 0 Å². The van der Waals surface area contributed by atoms with Crippen molar-refractivity contribution in [3.05, 3.63) is 41.0 Å². The third-order valence-corrected chi connectivity index (χ3v) is 4.59. The van der Waals surface area contributed by atoms with Crippen molar-refractivity contribution >= 4 is 11.3 Å². The number of aryl methyl sites for hydroxylation is 1. The molecule has 20 heavy (non-hydrogen) atoms. The molecular weight excluding hydrogens is 264 g/mol. The van der Waals surface area contributed by atoms with E-state index in [2.05, 4.69) is 56.2 Å². The Balaban J connectivity index is 2.22. The van der Waals surface area contributed by atoms with Gasteiger partial charge < -0.3 is 5.32 Å². The van der Waals surface area contributed by atoms with Crippen LogP contribution in [0.4, 0.5) is 0 Å². The normalized spacial score (nSPS) is 12.8. The van der Waals surface area contributed by atoms with Crippen LogP contribution in [0.1, 0.15) is 43.7 Å². The fourth-order valence-electron chi connectivity index (χ4n) is 2.33. The Morgan fingerprint density at radius 2 is 2.05 bits per heavy atom. The minimum absolute atomic E-state index is 0.450. The average Bonchev–Trinajstić information content (AvgIpc) is 2.88. The number of nitrogens with one attached hydrogen (secondary N) is 1. The minimum atomic E-state index is 0.450. The minimum Gasteiger partial charge on any atom is -0.309 e. The Kier molecular flexibility index (Phi) is 5.32. The van der Waals surface area contributed by atoms with Crippen LogP contribution in [0.3, 0.4) is 0 Å². The highest BCUT2D eigenvalue weighted by Gasteiger charge is 2.17. The van der Waals surface area contributed by atoms with Crippen molar-refractivity contribution in [3.8, 4) is 10.4 Å². The van der Waals surface area contributed by atoms with E-state index in [-0.39, 0.29) is 0 Å². The Bertz CT molecular complexity index is 545. The van der Waals surface area contributed by atoms with Gasteiger partial charge in [-0.05, 0) is 49.6 Å². The molecule has 0 aliphatic carbocycles. The molecule has 108 valence electrons. The third-order valence-electron chi connectivity index (χ3n) is 3.37. The number of pyridine rings is 1. The van der Waals surface area contributed by atoms with Gasteiger partial charge in [-0.2, -0.15) is 0 Å². The third kappa shape index (κ3) is 3.68. The summed E-state index contributed by atoms with van der Waals surface area (Å²) in [5, 5.41) is 3.66. The highest BCUT2D eigenvalue weighted by molar-refractivity contribution is 7.15. The Labute approximate surface area is 126 Å². The van der Waals surface area contributed by atoms with E-state index >= 15 is 0 Å². The lowest BCUT2D eigenvalue weighted by molar-refractivity contribution is 0.418. The smallest absolute Gasteiger partial charge is 0.0438 e. The summed E-state index contributed by atoms with van der Waals surface area (Å²) in [6.45, 7) is 9.93. The van der Waals surface area contributed by atoms with Crippen LogP contribution in [-0.4, -0.2) is 11.5 Å². The molecule has 0 saturated heterocycles. The summed E-state index contributed by atoms with van der Waals surface area (Å²) in [5.41, 5.74) is 2.43. The second kappa shape index (κ2) is 7.00. The topological polar surface area (TPSA) is 24.9 Å². The Morgan fingerprint density at radius 3 is 2.70 bits per heavy atom. The van der Waals surface area contributed by atoms with Crippen molar-refractivity contribution in [1.82, 2.24) is 10.3 Å². The van der Waals surface area contributed by atoms with Gasteiger partial charge in [0.05, 0.1) is 0 Å². The van der Waals surface area contributed by atoms with Gasteiger partial charge in [0.25, 0.3) is 0 Å². The highest BCUT2D eigenvalue weighted by Crippen LogP contribution is 2.34. The lowest BCUT2D eigenvalue weighted by Crippen LogP contribution is -2.25. The first-order valence-corrected chi connectivity index (χ1v) is 8.18. The second-order valence-corrected chi connectivity index (χ2v) is 6.74. The van der Waals surface area contributed by atoms with Gasteiger partial charge in [-0.3, -0.25) is 4.98 Å². The molecule has 1 N–H and O–H groups in total. The molecule has 0 saturated carbocycles. The van der Waals surface area contributed by atoms with Crippen LogP contribution in [0.2, 0.25) is 0 Å². The van der Waals surface area contributed by atoms with Gasteiger partial charge in [0.1, 0.15) is 0 Å². The van der Waals surface area contributed by atoms with E-state index in [1.165, 1.54) is 27.3 Å². The summed E-state index contributed by atoms with van der Waals surface area (Å²) in [4.78, 5) is 7.02. The fraction of sp³-hybridized carbons (Fsp3) is 0.471. The molecule has 2 aromatic rings. The monoisotopic (exact) mass is 288 g/mol. The molecule has 2 aromatic heterocycles. The molecule has 3 heteroatoms. The van der Waals surface area contributed by atoms with Crippen LogP contribution in [0.25, 0.3) is 10.4 Å². The van der Waals surface area contributed by atoms with Gasteiger partial charge in [-0.1, -0.05) is 20.8 Å². The maximum absolute atomic E-state index is 4.29. The molecule has 0 aliphatic heterocycles. The number of aromatic nitrogens is 1. The summed E-state index contributed by atoms with van der Waals surface area (Å²) >= 11 is 1.88. The molecule has 0 amide bonds. The summed E-state index contributed by atoms with van der Waals surface area (Å²) in [7, 11) is 0. The summed E-state index contributed by atoms with van der Waals surface area (Å²) in [6.07, 6.45) is 5.02. The SMILES string of the molecule is CCCNC(c1ccc(-c2cncc(C)c2)s1)C(C)C. The Hall–Kier alpha value is -1.19. The summed E-state index contributed by atoms with van der Waals surface area (Å²) < 4.78 is 0. The summed E-state index contributed by atoms with van der Waals surface area (Å²) in [6, 6.07) is 7.13. The van der Waals surface area contributed by atoms with E-state index in [1.54, 1.807) is 0 Å². The van der Waals surface area contributed by atoms with Crippen molar-refractivity contribution in [2.24, 2.45) is 5.92 Å². The zero-order valence-electron chi connectivity index (χ0n) is 12.8. The first-order chi connectivity index (χ1) is 9.61. The van der Waals surface area contributed by atoms with E-state index < -0.39 is 0 Å². The lowest BCUT2D eigenvalue weighted by Gasteiger charge is -2.20. The Morgan fingerprint density at radius 1 is 1.25 bits per heavy atom. The molecule has 1 unspecified atom stereocenters. The molecule has 2 heterocycles. The van der Waals surface area contributed by atoms with Crippen molar-refractivity contribution < 1.29 is 0 Å². The van der Waals surface area contributed by atoms with Gasteiger partial charge in [-0.25, -0.2) is 0 Å². The fourth-order valence-corrected chi connectivity index (χ4v) is 3.57. The lowest BCUT2D eigenvalue weighted by atomic mass is 10.0. The predicted molar refractivity (Wildman–Crippen MR) is 88.2 cm³/mol. The van der Waals surface area contributed by atoms with E-state index in [0.717, 1.165) is 6.54 Å². The van der Waals surface area contributed by atoms with Crippen LogP contribution < -0.4 is 5.32 Å². The quantitative estimate of drug-likeness (QED) is 0.824. The first-order valence-electron chi connectivity index (χ1n) is 7.37. The number of rotatable bonds is 6. The van der Waals surface area contributed by atoms with Crippen LogP contribution in [0, 0.1) is 12.8 Å². The summed E-state index contributed by atoms with van der Waals surface area (Å²) in [5.74, 6) is 0.601. The molecule has 0 bridgehead atoms. The maximum atomic E-state index is 4.29. The van der Waals surface area contributed by atoms with E-state index in [0.29, 0.717) is 12.0 Å². The van der Waals surface area contributed by atoms with Gasteiger partial charge in [0.2, 0.25) is 0 Å². The number of thiophene rings is 1. The highest BCUT2D eigenvalue weighted by atomic mass is 32.1. The van der Waals surface area contributed by atoms with E-state index in [9.17, 15) is 0 Å². The molecule has 0 spiro atoms. The van der Waals surface area contributed by atoms with Crippen LogP contribution >= 0.6 is 11.3 Å². The number of nitrogens with zero attached hydrogens (tertiary/aromatic N) is 1. The van der Waals surface area contributed by atoms with E-state index in [1.807, 2.05) is 23.7 Å². The zero-order chi connectivity index (χ0) is 14.5. The average molecular weight is 288 g/mol. The maximum Gasteiger partial charge on any atom is 0.0438 e. The molecule has 2 nitrogen and oxygen atoms in total. The van der Waals surface area contributed by atoms with Gasteiger partial charge in [0.15, 0.2) is 0 Å². The molecular formula is C17H24N2S. The predicted octanol–water partition coefficient (Wildman–Crippen LogP) is 4.82. The zero-order valence-corrected chi connectivity index (χ0v) is 13.6. The molecule has 0 fully saturated rings. The van der Waals surface area contributed by atoms with Crippen molar-refractivity contribution in [1.29, 1.82) is 0 Å².